The molecule has 3 amide bonds. The maximum Gasteiger partial charge on any atom is 0.336 e. The van der Waals surface area contributed by atoms with Crippen LogP contribution in [-0.4, -0.2) is 29.9 Å². The molecule has 0 aromatic carbocycles. The lowest BCUT2D eigenvalue weighted by atomic mass is 10.4. The van der Waals surface area contributed by atoms with E-state index in [0.717, 1.165) is 3.79 Å². The molecule has 0 bridgehead atoms. The number of urea groups is 1. The third-order valence-electron chi connectivity index (χ3n) is 2.07. The number of halogens is 1. The van der Waals surface area contributed by atoms with Gasteiger partial charge in [0.1, 0.15) is 0 Å². The van der Waals surface area contributed by atoms with Crippen molar-refractivity contribution in [3.8, 4) is 0 Å². The van der Waals surface area contributed by atoms with Gasteiger partial charge in [-0.1, -0.05) is 12.2 Å². The number of rotatable bonds is 5. The summed E-state index contributed by atoms with van der Waals surface area (Å²) in [5.41, 5.74) is 4.69. The van der Waals surface area contributed by atoms with Gasteiger partial charge in [-0.3, -0.25) is 10.2 Å². The number of thiophene rings is 1. The second-order valence-electron chi connectivity index (χ2n) is 3.47. The Kier molecular flexibility index (Phi) is 6.31. The number of carbonyl (C=O) groups is 2. The van der Waals surface area contributed by atoms with Crippen LogP contribution in [0.4, 0.5) is 4.79 Å². The topological polar surface area (TPSA) is 61.4 Å². The number of hydrogen-bond donors (Lipinski definition) is 2. The molecule has 1 aromatic rings. The zero-order valence-corrected chi connectivity index (χ0v) is 12.6. The summed E-state index contributed by atoms with van der Waals surface area (Å²) in [4.78, 5) is 25.4. The van der Waals surface area contributed by atoms with E-state index in [1.807, 2.05) is 0 Å². The molecule has 5 nitrogen and oxygen atoms in total. The van der Waals surface area contributed by atoms with Crippen molar-refractivity contribution in [2.45, 2.75) is 0 Å². The summed E-state index contributed by atoms with van der Waals surface area (Å²) in [6.45, 7) is 7.87. The van der Waals surface area contributed by atoms with Crippen molar-refractivity contribution in [2.24, 2.45) is 0 Å². The van der Waals surface area contributed by atoms with Gasteiger partial charge >= 0.3 is 6.03 Å². The average molecular weight is 344 g/mol. The van der Waals surface area contributed by atoms with Crippen LogP contribution in [0.3, 0.4) is 0 Å². The normalized spacial score (nSPS) is 9.53. The third kappa shape index (κ3) is 4.88. The molecule has 1 aromatic heterocycles. The number of carbonyl (C=O) groups excluding carboxylic acids is 2. The molecule has 7 heteroatoms. The maximum atomic E-state index is 11.8. The SMILES string of the molecule is C=CCN(CC=C)C(=O)NNC(=O)c1ccc(Br)s1. The smallest absolute Gasteiger partial charge is 0.316 e. The van der Waals surface area contributed by atoms with Gasteiger partial charge in [0.2, 0.25) is 0 Å². The van der Waals surface area contributed by atoms with Crippen LogP contribution in [0.2, 0.25) is 0 Å². The fraction of sp³-hybridized carbons (Fsp3) is 0.167. The van der Waals surface area contributed by atoms with Crippen molar-refractivity contribution in [3.63, 3.8) is 0 Å². The summed E-state index contributed by atoms with van der Waals surface area (Å²) in [6.07, 6.45) is 3.20. The molecule has 19 heavy (non-hydrogen) atoms. The molecule has 0 unspecified atom stereocenters. The molecule has 0 atom stereocenters. The first-order valence-corrected chi connectivity index (χ1v) is 7.01. The Morgan fingerprint density at radius 1 is 1.26 bits per heavy atom. The summed E-state index contributed by atoms with van der Waals surface area (Å²) in [6, 6.07) is 3.02. The van der Waals surface area contributed by atoms with Crippen LogP contribution in [0.15, 0.2) is 41.2 Å². The van der Waals surface area contributed by atoms with Crippen molar-refractivity contribution >= 4 is 39.2 Å². The van der Waals surface area contributed by atoms with Gasteiger partial charge in [0.05, 0.1) is 8.66 Å². The van der Waals surface area contributed by atoms with E-state index in [2.05, 4.69) is 39.9 Å². The number of nitrogens with one attached hydrogen (secondary N) is 2. The van der Waals surface area contributed by atoms with E-state index in [0.29, 0.717) is 18.0 Å². The summed E-state index contributed by atoms with van der Waals surface area (Å²) in [5.74, 6) is -0.360. The van der Waals surface area contributed by atoms with Crippen LogP contribution in [0.1, 0.15) is 9.67 Å². The molecular weight excluding hydrogens is 330 g/mol. The van der Waals surface area contributed by atoms with Gasteiger partial charge in [-0.15, -0.1) is 24.5 Å². The van der Waals surface area contributed by atoms with Gasteiger partial charge in [-0.2, -0.15) is 0 Å². The molecular formula is C12H14BrN3O2S. The first-order chi connectivity index (χ1) is 9.08. The molecule has 0 radical (unpaired) electrons. The minimum Gasteiger partial charge on any atom is -0.316 e. The highest BCUT2D eigenvalue weighted by molar-refractivity contribution is 9.11. The van der Waals surface area contributed by atoms with E-state index in [1.165, 1.54) is 16.2 Å². The van der Waals surface area contributed by atoms with Crippen LogP contribution in [0.25, 0.3) is 0 Å². The number of hydrogen-bond acceptors (Lipinski definition) is 3. The molecule has 0 saturated heterocycles. The molecule has 0 saturated carbocycles. The second-order valence-corrected chi connectivity index (χ2v) is 5.93. The van der Waals surface area contributed by atoms with Crippen molar-refractivity contribution < 1.29 is 9.59 Å². The zero-order chi connectivity index (χ0) is 14.3. The van der Waals surface area contributed by atoms with Gasteiger partial charge in [0.25, 0.3) is 5.91 Å². The first kappa shape index (κ1) is 15.5. The highest BCUT2D eigenvalue weighted by Crippen LogP contribution is 2.21. The Labute approximate surface area is 124 Å². The first-order valence-electron chi connectivity index (χ1n) is 5.41. The van der Waals surface area contributed by atoms with Crippen LogP contribution in [0, 0.1) is 0 Å². The van der Waals surface area contributed by atoms with Gasteiger partial charge in [0.15, 0.2) is 0 Å². The second kappa shape index (κ2) is 7.75. The maximum absolute atomic E-state index is 11.8. The highest BCUT2D eigenvalue weighted by Gasteiger charge is 2.13. The van der Waals surface area contributed by atoms with Crippen molar-refractivity contribution in [1.82, 2.24) is 15.8 Å². The minimum absolute atomic E-state index is 0.360. The van der Waals surface area contributed by atoms with E-state index in [9.17, 15) is 9.59 Å². The average Bonchev–Trinajstić information content (AvgIpc) is 2.82. The Bertz CT molecular complexity index is 477. The van der Waals surface area contributed by atoms with Crippen molar-refractivity contribution in [1.29, 1.82) is 0 Å². The summed E-state index contributed by atoms with van der Waals surface area (Å²) in [7, 11) is 0. The molecule has 0 aliphatic rings. The molecule has 0 aliphatic heterocycles. The van der Waals surface area contributed by atoms with Crippen LogP contribution in [-0.2, 0) is 0 Å². The highest BCUT2D eigenvalue weighted by atomic mass is 79.9. The number of hydrazine groups is 1. The van der Waals surface area contributed by atoms with Crippen molar-refractivity contribution in [2.75, 3.05) is 13.1 Å². The third-order valence-corrected chi connectivity index (χ3v) is 3.69. The Morgan fingerprint density at radius 2 is 1.89 bits per heavy atom. The Balaban J connectivity index is 2.50. The summed E-state index contributed by atoms with van der Waals surface area (Å²) >= 11 is 4.55. The zero-order valence-electron chi connectivity index (χ0n) is 10.2. The number of nitrogens with zero attached hydrogens (tertiary/aromatic N) is 1. The predicted molar refractivity (Wildman–Crippen MR) is 80.0 cm³/mol. The number of amides is 3. The van der Waals surface area contributed by atoms with E-state index < -0.39 is 6.03 Å². The largest absolute Gasteiger partial charge is 0.336 e. The molecule has 0 fully saturated rings. The fourth-order valence-electron chi connectivity index (χ4n) is 1.24. The lowest BCUT2D eigenvalue weighted by Crippen LogP contribution is -2.48. The molecule has 1 rings (SSSR count). The monoisotopic (exact) mass is 343 g/mol. The van der Waals surface area contributed by atoms with Crippen LogP contribution in [0.5, 0.6) is 0 Å². The lowest BCUT2D eigenvalue weighted by molar-refractivity contribution is 0.0935. The molecule has 1 heterocycles. The summed E-state index contributed by atoms with van der Waals surface area (Å²) < 4.78 is 0.851. The molecule has 0 aliphatic carbocycles. The fourth-order valence-corrected chi connectivity index (χ4v) is 2.52. The van der Waals surface area contributed by atoms with Gasteiger partial charge < -0.3 is 4.90 Å². The standard InChI is InChI=1S/C12H14BrN3O2S/c1-3-7-16(8-4-2)12(18)15-14-11(17)9-5-6-10(13)19-9/h3-6H,1-2,7-8H2,(H,14,17)(H,15,18). The van der Waals surface area contributed by atoms with E-state index in [4.69, 9.17) is 0 Å². The molecule has 2 N–H and O–H groups in total. The van der Waals surface area contributed by atoms with E-state index in [1.54, 1.807) is 24.3 Å². The molecule has 0 spiro atoms. The van der Waals surface area contributed by atoms with Gasteiger partial charge in [-0.25, -0.2) is 10.2 Å². The van der Waals surface area contributed by atoms with E-state index in [-0.39, 0.29) is 5.91 Å². The van der Waals surface area contributed by atoms with E-state index >= 15 is 0 Å². The molecule has 102 valence electrons. The van der Waals surface area contributed by atoms with Crippen LogP contribution < -0.4 is 10.9 Å². The predicted octanol–water partition coefficient (Wildman–Crippen LogP) is 2.54. The minimum atomic E-state index is -0.413. The quantitative estimate of drug-likeness (QED) is 0.637. The lowest BCUT2D eigenvalue weighted by Gasteiger charge is -2.19. The Hall–Kier alpha value is -1.60. The van der Waals surface area contributed by atoms with Gasteiger partial charge in [-0.05, 0) is 28.1 Å². The van der Waals surface area contributed by atoms with Crippen molar-refractivity contribution in [3.05, 3.63) is 46.1 Å². The Morgan fingerprint density at radius 3 is 2.37 bits per heavy atom. The van der Waals surface area contributed by atoms with Crippen LogP contribution >= 0.6 is 27.3 Å². The van der Waals surface area contributed by atoms with Gasteiger partial charge in [0, 0.05) is 13.1 Å². The summed E-state index contributed by atoms with van der Waals surface area (Å²) in [5, 5.41) is 0.